The molecule has 1 fully saturated rings. The van der Waals surface area contributed by atoms with Gasteiger partial charge in [0.1, 0.15) is 12.3 Å². The van der Waals surface area contributed by atoms with E-state index in [1.54, 1.807) is 19.1 Å². The van der Waals surface area contributed by atoms with Crippen LogP contribution in [0.3, 0.4) is 0 Å². The summed E-state index contributed by atoms with van der Waals surface area (Å²) in [5.41, 5.74) is 1.40. The average molecular weight is 553 g/mol. The fourth-order valence-electron chi connectivity index (χ4n) is 4.97. The summed E-state index contributed by atoms with van der Waals surface area (Å²) in [6.07, 6.45) is 2.26. The molecule has 2 aliphatic rings. The highest BCUT2D eigenvalue weighted by Gasteiger charge is 2.47. The predicted octanol–water partition coefficient (Wildman–Crippen LogP) is 5.58. The van der Waals surface area contributed by atoms with Gasteiger partial charge in [-0.05, 0) is 43.2 Å². The van der Waals surface area contributed by atoms with Gasteiger partial charge in [-0.3, -0.25) is 9.80 Å². The molecule has 1 atom stereocenters. The van der Waals surface area contributed by atoms with Gasteiger partial charge >= 0.3 is 0 Å². The Labute approximate surface area is 225 Å². The van der Waals surface area contributed by atoms with Gasteiger partial charge in [-0.25, -0.2) is 0 Å². The van der Waals surface area contributed by atoms with Gasteiger partial charge in [0.05, 0.1) is 41.6 Å². The molecule has 1 amide bonds. The van der Waals surface area contributed by atoms with E-state index >= 15 is 0 Å². The van der Waals surface area contributed by atoms with E-state index in [1.807, 2.05) is 37.1 Å². The van der Waals surface area contributed by atoms with Crippen LogP contribution in [0.15, 0.2) is 35.4 Å². The summed E-state index contributed by atoms with van der Waals surface area (Å²) in [6, 6.07) is 8.23. The van der Waals surface area contributed by atoms with E-state index in [2.05, 4.69) is 0 Å². The molecule has 1 unspecified atom stereocenters. The maximum absolute atomic E-state index is 13.1. The van der Waals surface area contributed by atoms with Crippen LogP contribution in [0.5, 0.6) is 11.5 Å². The average Bonchev–Trinajstić information content (AvgIpc) is 3.12. The zero-order chi connectivity index (χ0) is 26.2. The van der Waals surface area contributed by atoms with Crippen LogP contribution in [0.4, 0.5) is 0 Å². The van der Waals surface area contributed by atoms with E-state index < -0.39 is 11.5 Å². The van der Waals surface area contributed by atoms with Crippen molar-refractivity contribution in [1.82, 2.24) is 9.91 Å². The monoisotopic (exact) mass is 551 g/mol. The molecule has 2 aromatic carbocycles. The molecule has 0 N–H and O–H groups in total. The quantitative estimate of drug-likeness (QED) is 0.438. The third kappa shape index (κ3) is 4.76. The number of halogens is 3. The fourth-order valence-corrected chi connectivity index (χ4v) is 5.95. The van der Waals surface area contributed by atoms with Gasteiger partial charge < -0.3 is 19.2 Å². The van der Waals surface area contributed by atoms with Crippen molar-refractivity contribution in [3.63, 3.8) is 0 Å². The Morgan fingerprint density at radius 1 is 1.03 bits per heavy atom. The first-order chi connectivity index (χ1) is 17.1. The Bertz CT molecular complexity index is 1190. The largest absolute Gasteiger partial charge is 0.493 e. The second kappa shape index (κ2) is 10.5. The number of aldehydes is 1. The van der Waals surface area contributed by atoms with Gasteiger partial charge in [-0.15, -0.1) is 0 Å². The maximum Gasteiger partial charge on any atom is 0.256 e. The number of methoxy groups -OCH3 is 2. The predicted molar refractivity (Wildman–Crippen MR) is 142 cm³/mol. The number of hydrogen-bond acceptors (Lipinski definition) is 6. The number of benzene rings is 2. The highest BCUT2D eigenvalue weighted by atomic mass is 35.5. The van der Waals surface area contributed by atoms with Crippen molar-refractivity contribution in [2.75, 3.05) is 27.3 Å². The molecule has 1 saturated heterocycles. The molecule has 36 heavy (non-hydrogen) atoms. The molecule has 2 heterocycles. The number of carbonyl (C=O) groups excluding carboxylic acids is 2. The van der Waals surface area contributed by atoms with Crippen molar-refractivity contribution in [3.8, 4) is 11.5 Å². The number of piperidine rings is 1. The number of rotatable bonds is 6. The topological polar surface area (TPSA) is 71.4 Å². The molecule has 0 radical (unpaired) electrons. The first-order valence-corrected chi connectivity index (χ1v) is 12.7. The van der Waals surface area contributed by atoms with E-state index in [0.29, 0.717) is 42.5 Å². The zero-order valence-corrected chi connectivity index (χ0v) is 22.8. The molecule has 2 aromatic rings. The summed E-state index contributed by atoms with van der Waals surface area (Å²) < 4.78 is 10.8. The van der Waals surface area contributed by atoms with Crippen LogP contribution in [-0.2, 0) is 4.79 Å². The Morgan fingerprint density at radius 3 is 2.19 bits per heavy atom. The van der Waals surface area contributed by atoms with E-state index in [1.165, 1.54) is 12.1 Å². The van der Waals surface area contributed by atoms with Gasteiger partial charge in [0, 0.05) is 29.1 Å². The highest BCUT2D eigenvalue weighted by molar-refractivity contribution is 6.42. The van der Waals surface area contributed by atoms with E-state index in [9.17, 15) is 9.59 Å². The minimum Gasteiger partial charge on any atom is -0.493 e. The molecule has 10 heteroatoms. The number of amides is 1. The molecule has 2 aliphatic heterocycles. The van der Waals surface area contributed by atoms with Crippen molar-refractivity contribution < 1.29 is 19.1 Å². The molecular formula is C26H28Cl3N3O4. The normalized spacial score (nSPS) is 19.8. The summed E-state index contributed by atoms with van der Waals surface area (Å²) in [5, 5.41) is 7.68. The third-order valence-electron chi connectivity index (χ3n) is 6.98. The molecule has 0 bridgehead atoms. The van der Waals surface area contributed by atoms with Gasteiger partial charge in [0.15, 0.2) is 11.5 Å². The third-order valence-corrected chi connectivity index (χ3v) is 7.80. The number of likely N-dealkylation sites (tertiary alicyclic amines) is 1. The molecule has 0 aromatic heterocycles. The van der Waals surface area contributed by atoms with Crippen molar-refractivity contribution in [2.24, 2.45) is 10.5 Å². The standard InChI is InChI=1S/C26H28Cl3N3O4/c1-26(2)22(14-33)32(30-24(26)15-5-6-20(35-3)21(11-15)36-4)17-7-9-31(10-8-17)25(34)23-18(28)12-16(27)13-19(23)29/h5-6,11-14,17,22H,7-10H2,1-4H3. The van der Waals surface area contributed by atoms with Gasteiger partial charge in [-0.1, -0.05) is 48.7 Å². The number of ether oxygens (including phenoxy) is 2. The smallest absolute Gasteiger partial charge is 0.256 e. The Hall–Kier alpha value is -2.48. The minimum absolute atomic E-state index is 0.00247. The fraction of sp³-hybridized carbons (Fsp3) is 0.423. The van der Waals surface area contributed by atoms with Crippen molar-refractivity contribution in [2.45, 2.75) is 38.8 Å². The summed E-state index contributed by atoms with van der Waals surface area (Å²) >= 11 is 18.5. The Kier molecular flexibility index (Phi) is 7.74. The number of hydrazone groups is 1. The lowest BCUT2D eigenvalue weighted by Crippen LogP contribution is -2.50. The first-order valence-electron chi connectivity index (χ1n) is 11.6. The molecule has 0 spiro atoms. The van der Waals surface area contributed by atoms with Crippen LogP contribution in [0.25, 0.3) is 0 Å². The van der Waals surface area contributed by atoms with Crippen LogP contribution >= 0.6 is 34.8 Å². The summed E-state index contributed by atoms with van der Waals surface area (Å²) in [7, 11) is 3.17. The van der Waals surface area contributed by atoms with Gasteiger partial charge in [0.25, 0.3) is 5.91 Å². The maximum atomic E-state index is 13.1. The molecular weight excluding hydrogens is 525 g/mol. The molecule has 192 valence electrons. The van der Waals surface area contributed by atoms with Crippen LogP contribution in [0, 0.1) is 5.41 Å². The van der Waals surface area contributed by atoms with Crippen molar-refractivity contribution >= 4 is 52.7 Å². The number of carbonyl (C=O) groups is 2. The Morgan fingerprint density at radius 2 is 1.64 bits per heavy atom. The van der Waals surface area contributed by atoms with Crippen molar-refractivity contribution in [1.29, 1.82) is 0 Å². The van der Waals surface area contributed by atoms with Crippen LogP contribution in [0.2, 0.25) is 15.1 Å². The highest BCUT2D eigenvalue weighted by Crippen LogP contribution is 2.40. The molecule has 0 saturated carbocycles. The lowest BCUT2D eigenvalue weighted by molar-refractivity contribution is -0.115. The van der Waals surface area contributed by atoms with Crippen molar-refractivity contribution in [3.05, 3.63) is 56.5 Å². The van der Waals surface area contributed by atoms with Crippen LogP contribution in [0.1, 0.15) is 42.6 Å². The second-order valence-corrected chi connectivity index (χ2v) is 10.7. The minimum atomic E-state index is -0.529. The molecule has 0 aliphatic carbocycles. The summed E-state index contributed by atoms with van der Waals surface area (Å²) in [6.45, 7) is 5.01. The van der Waals surface area contributed by atoms with Gasteiger partial charge in [-0.2, -0.15) is 5.10 Å². The number of nitrogens with zero attached hydrogens (tertiary/aromatic N) is 3. The SMILES string of the molecule is COc1ccc(C2=NN(C3CCN(C(=O)c4c(Cl)cc(Cl)cc4Cl)CC3)C(C=O)C2(C)C)cc1OC. The van der Waals surface area contributed by atoms with Crippen LogP contribution in [-0.4, -0.2) is 67.2 Å². The Balaban J connectivity index is 1.55. The van der Waals surface area contributed by atoms with Gasteiger partial charge in [0.2, 0.25) is 0 Å². The summed E-state index contributed by atoms with van der Waals surface area (Å²) in [5.74, 6) is 0.989. The summed E-state index contributed by atoms with van der Waals surface area (Å²) in [4.78, 5) is 27.2. The number of hydrogen-bond donors (Lipinski definition) is 0. The molecule has 7 nitrogen and oxygen atoms in total. The van der Waals surface area contributed by atoms with E-state index in [4.69, 9.17) is 49.4 Å². The lowest BCUT2D eigenvalue weighted by Gasteiger charge is -2.39. The zero-order valence-electron chi connectivity index (χ0n) is 20.6. The van der Waals surface area contributed by atoms with Crippen LogP contribution < -0.4 is 9.47 Å². The molecule has 4 rings (SSSR count). The van der Waals surface area contributed by atoms with E-state index in [0.717, 1.165) is 17.6 Å². The second-order valence-electron chi connectivity index (χ2n) is 9.47. The first kappa shape index (κ1) is 26.6. The lowest BCUT2D eigenvalue weighted by atomic mass is 9.78. The van der Waals surface area contributed by atoms with E-state index in [-0.39, 0.29) is 27.6 Å².